The Kier molecular flexibility index (Phi) is 10.9. The molecular formula is C35H34BrN5O5. The van der Waals surface area contributed by atoms with Gasteiger partial charge in [0.1, 0.15) is 11.5 Å². The standard InChI is InChI=1S/C35H34BrN5O5/c1-44-27-15-11-24(12-16-27)19-20-38-34(43)35(23-26-7-2-4-9-30(26)36)32(29-8-3-5-10-31(29)40-41-37)46-33(39-35)25-13-17-28(18-14-25)45-22-6-21-42/h2-5,7-18,32,42H,6,19-23H2,1H3,(H,38,43)/t32-,35-/m1/s1. The summed E-state index contributed by atoms with van der Waals surface area (Å²) in [6, 6.07) is 29.7. The molecule has 0 radical (unpaired) electrons. The minimum absolute atomic E-state index is 0.0449. The molecule has 2 N–H and O–H groups in total. The van der Waals surface area contributed by atoms with Crippen LogP contribution in [0.4, 0.5) is 5.69 Å². The van der Waals surface area contributed by atoms with Gasteiger partial charge in [0.05, 0.1) is 13.7 Å². The van der Waals surface area contributed by atoms with Crippen LogP contribution >= 0.6 is 15.9 Å². The monoisotopic (exact) mass is 683 g/mol. The second kappa shape index (κ2) is 15.4. The Balaban J connectivity index is 1.55. The van der Waals surface area contributed by atoms with E-state index >= 15 is 0 Å². The molecule has 0 unspecified atom stereocenters. The molecule has 0 fully saturated rings. The third-order valence-corrected chi connectivity index (χ3v) is 8.45. The van der Waals surface area contributed by atoms with E-state index in [-0.39, 0.29) is 24.8 Å². The number of halogens is 1. The molecule has 4 aromatic carbocycles. The van der Waals surface area contributed by atoms with Crippen molar-refractivity contribution in [3.8, 4) is 11.5 Å². The van der Waals surface area contributed by atoms with Crippen LogP contribution in [0, 0.1) is 0 Å². The lowest BCUT2D eigenvalue weighted by atomic mass is 9.81. The van der Waals surface area contributed by atoms with E-state index in [1.54, 1.807) is 37.4 Å². The molecule has 2 atom stereocenters. The van der Waals surface area contributed by atoms with E-state index in [4.69, 9.17) is 24.3 Å². The fraction of sp³-hybridized carbons (Fsp3) is 0.257. The molecule has 0 saturated carbocycles. The third-order valence-electron chi connectivity index (χ3n) is 7.68. The zero-order valence-electron chi connectivity index (χ0n) is 25.3. The second-order valence-electron chi connectivity index (χ2n) is 10.7. The van der Waals surface area contributed by atoms with Crippen LogP contribution in [0.25, 0.3) is 10.4 Å². The highest BCUT2D eigenvalue weighted by atomic mass is 79.9. The number of amides is 1. The summed E-state index contributed by atoms with van der Waals surface area (Å²) >= 11 is 3.65. The molecule has 0 bridgehead atoms. The quantitative estimate of drug-likeness (QED) is 0.0637. The number of nitrogens with zero attached hydrogens (tertiary/aromatic N) is 4. The van der Waals surface area contributed by atoms with Crippen molar-refractivity contribution < 1.29 is 24.1 Å². The van der Waals surface area contributed by atoms with Crippen molar-refractivity contribution in [1.82, 2.24) is 5.32 Å². The Morgan fingerprint density at radius 3 is 2.48 bits per heavy atom. The maximum absolute atomic E-state index is 14.5. The smallest absolute Gasteiger partial charge is 0.252 e. The van der Waals surface area contributed by atoms with E-state index in [0.717, 1.165) is 21.3 Å². The van der Waals surface area contributed by atoms with Crippen molar-refractivity contribution >= 4 is 33.4 Å². The van der Waals surface area contributed by atoms with Gasteiger partial charge in [0.2, 0.25) is 5.90 Å². The van der Waals surface area contributed by atoms with Crippen molar-refractivity contribution in [2.75, 3.05) is 26.9 Å². The number of aliphatic hydroxyl groups excluding tert-OH is 1. The van der Waals surface area contributed by atoms with E-state index in [1.165, 1.54) is 0 Å². The van der Waals surface area contributed by atoms with Gasteiger partial charge in [-0.1, -0.05) is 75.6 Å². The van der Waals surface area contributed by atoms with Crippen molar-refractivity contribution in [1.29, 1.82) is 0 Å². The summed E-state index contributed by atoms with van der Waals surface area (Å²) in [5.74, 6) is 1.35. The molecule has 46 heavy (non-hydrogen) atoms. The van der Waals surface area contributed by atoms with Crippen LogP contribution in [-0.2, 0) is 22.4 Å². The number of benzene rings is 4. The molecular weight excluding hydrogens is 650 g/mol. The van der Waals surface area contributed by atoms with Gasteiger partial charge in [-0.3, -0.25) is 4.79 Å². The van der Waals surface area contributed by atoms with Gasteiger partial charge in [-0.25, -0.2) is 4.99 Å². The number of ether oxygens (including phenoxy) is 3. The van der Waals surface area contributed by atoms with Crippen LogP contribution in [0.2, 0.25) is 0 Å². The van der Waals surface area contributed by atoms with Crippen LogP contribution in [0.5, 0.6) is 11.5 Å². The second-order valence-corrected chi connectivity index (χ2v) is 11.5. The minimum atomic E-state index is -1.46. The number of hydrogen-bond acceptors (Lipinski definition) is 7. The topological polar surface area (TPSA) is 138 Å². The number of carbonyl (C=O) groups is 1. The first-order valence-corrected chi connectivity index (χ1v) is 15.7. The molecule has 0 aliphatic carbocycles. The number of carbonyl (C=O) groups excluding carboxylic acids is 1. The number of nitrogens with one attached hydrogen (secondary N) is 1. The molecule has 1 heterocycles. The summed E-state index contributed by atoms with van der Waals surface area (Å²) in [7, 11) is 1.62. The summed E-state index contributed by atoms with van der Waals surface area (Å²) < 4.78 is 18.4. The van der Waals surface area contributed by atoms with E-state index in [0.29, 0.717) is 48.6 Å². The lowest BCUT2D eigenvalue weighted by Gasteiger charge is -2.31. The molecule has 11 heteroatoms. The molecule has 0 aromatic heterocycles. The first-order valence-electron chi connectivity index (χ1n) is 14.9. The van der Waals surface area contributed by atoms with Crippen molar-refractivity contribution in [2.24, 2.45) is 10.1 Å². The van der Waals surface area contributed by atoms with Gasteiger partial charge in [-0.05, 0) is 65.5 Å². The summed E-state index contributed by atoms with van der Waals surface area (Å²) in [5.41, 5.74) is 11.3. The Hall–Kier alpha value is -4.83. The zero-order valence-corrected chi connectivity index (χ0v) is 26.9. The fourth-order valence-corrected chi connectivity index (χ4v) is 5.73. The zero-order chi connectivity index (χ0) is 32.4. The van der Waals surface area contributed by atoms with Gasteiger partial charge in [-0.2, -0.15) is 0 Å². The van der Waals surface area contributed by atoms with Crippen molar-refractivity contribution in [3.63, 3.8) is 0 Å². The molecule has 1 amide bonds. The van der Waals surface area contributed by atoms with Gasteiger partial charge in [-0.15, -0.1) is 0 Å². The molecule has 10 nitrogen and oxygen atoms in total. The maximum atomic E-state index is 14.5. The Labute approximate surface area is 275 Å². The van der Waals surface area contributed by atoms with E-state index in [2.05, 4.69) is 31.3 Å². The number of methoxy groups -OCH3 is 1. The number of azide groups is 1. The molecule has 0 spiro atoms. The van der Waals surface area contributed by atoms with Crippen LogP contribution in [0.1, 0.15) is 34.8 Å². The Morgan fingerprint density at radius 2 is 1.76 bits per heavy atom. The summed E-state index contributed by atoms with van der Waals surface area (Å²) in [4.78, 5) is 22.6. The van der Waals surface area contributed by atoms with E-state index in [9.17, 15) is 10.3 Å². The van der Waals surface area contributed by atoms with Gasteiger partial charge in [0.25, 0.3) is 5.91 Å². The van der Waals surface area contributed by atoms with Crippen LogP contribution in [-0.4, -0.2) is 49.3 Å². The van der Waals surface area contributed by atoms with Crippen LogP contribution < -0.4 is 14.8 Å². The molecule has 5 rings (SSSR count). The van der Waals surface area contributed by atoms with Crippen LogP contribution in [0.15, 0.2) is 112 Å². The third kappa shape index (κ3) is 7.51. The first kappa shape index (κ1) is 32.6. The van der Waals surface area contributed by atoms with E-state index in [1.807, 2.05) is 66.7 Å². The molecule has 1 aliphatic heterocycles. The molecule has 236 valence electrons. The van der Waals surface area contributed by atoms with Gasteiger partial charge < -0.3 is 24.6 Å². The van der Waals surface area contributed by atoms with Gasteiger partial charge in [0, 0.05) is 52.2 Å². The SMILES string of the molecule is COc1ccc(CCNC(=O)[C@]2(Cc3ccccc3Br)N=C(c3ccc(OCCCO)cc3)O[C@@H]2c2ccccc2N=[N+]=[N-])cc1. The summed E-state index contributed by atoms with van der Waals surface area (Å²) in [5, 5.41) is 16.1. The van der Waals surface area contributed by atoms with Crippen molar-refractivity contribution in [3.05, 3.63) is 134 Å². The fourth-order valence-electron chi connectivity index (χ4n) is 5.31. The highest BCUT2D eigenvalue weighted by Crippen LogP contribution is 2.46. The normalized spacial score (nSPS) is 16.9. The maximum Gasteiger partial charge on any atom is 0.252 e. The largest absolute Gasteiger partial charge is 0.497 e. The lowest BCUT2D eigenvalue weighted by Crippen LogP contribution is -2.50. The number of hydrogen-bond donors (Lipinski definition) is 2. The number of aliphatic hydroxyl groups is 1. The van der Waals surface area contributed by atoms with Crippen molar-refractivity contribution in [2.45, 2.75) is 30.9 Å². The average Bonchev–Trinajstić information content (AvgIpc) is 3.47. The summed E-state index contributed by atoms with van der Waals surface area (Å²) in [6.07, 6.45) is 0.396. The highest BCUT2D eigenvalue weighted by molar-refractivity contribution is 9.10. The van der Waals surface area contributed by atoms with E-state index < -0.39 is 11.6 Å². The lowest BCUT2D eigenvalue weighted by molar-refractivity contribution is -0.128. The first-order chi connectivity index (χ1) is 22.5. The average molecular weight is 685 g/mol. The Bertz CT molecular complexity index is 1720. The van der Waals surface area contributed by atoms with Gasteiger partial charge in [0.15, 0.2) is 11.6 Å². The Morgan fingerprint density at radius 1 is 1.04 bits per heavy atom. The number of aliphatic imine (C=N–C) groups is 1. The molecule has 1 aliphatic rings. The predicted octanol–water partition coefficient (Wildman–Crippen LogP) is 7.02. The van der Waals surface area contributed by atoms with Crippen LogP contribution in [0.3, 0.4) is 0 Å². The number of rotatable bonds is 14. The highest BCUT2D eigenvalue weighted by Gasteiger charge is 2.54. The predicted molar refractivity (Wildman–Crippen MR) is 180 cm³/mol. The molecule has 0 saturated heterocycles. The molecule has 4 aromatic rings. The summed E-state index contributed by atoms with van der Waals surface area (Å²) in [6.45, 7) is 0.791. The minimum Gasteiger partial charge on any atom is -0.497 e. The van der Waals surface area contributed by atoms with Gasteiger partial charge >= 0.3 is 0 Å².